The minimum absolute atomic E-state index is 0.165. The third-order valence-electron chi connectivity index (χ3n) is 6.24. The van der Waals surface area contributed by atoms with Crippen molar-refractivity contribution in [1.82, 2.24) is 0 Å². The van der Waals surface area contributed by atoms with Crippen molar-refractivity contribution in [2.45, 2.75) is 60.8 Å². The number of rotatable bonds is 5. The lowest BCUT2D eigenvalue weighted by Crippen LogP contribution is -2.23. The fourth-order valence-corrected chi connectivity index (χ4v) is 7.43. The predicted molar refractivity (Wildman–Crippen MR) is 125 cm³/mol. The van der Waals surface area contributed by atoms with Crippen molar-refractivity contribution in [2.75, 3.05) is 5.32 Å². The molecule has 1 N–H and O–H groups in total. The first-order chi connectivity index (χ1) is 15.4. The van der Waals surface area contributed by atoms with Crippen LogP contribution in [-0.2, 0) is 14.6 Å². The molecular weight excluding hydrogens is 442 g/mol. The largest absolute Gasteiger partial charge is 0.490 e. The number of hydrogen-bond donors (Lipinski definition) is 1. The van der Waals surface area contributed by atoms with Crippen LogP contribution < -0.4 is 10.1 Å². The molecule has 1 atom stereocenters. The molecule has 1 aromatic heterocycles. The smallest absolute Gasteiger partial charge is 0.225 e. The molecule has 2 aromatic carbocycles. The molecule has 1 aliphatic carbocycles. The van der Waals surface area contributed by atoms with E-state index in [1.54, 1.807) is 29.6 Å². The summed E-state index contributed by atoms with van der Waals surface area (Å²) in [6, 6.07) is 14.7. The van der Waals surface area contributed by atoms with Crippen molar-refractivity contribution < 1.29 is 17.9 Å². The number of thiophene rings is 1. The highest BCUT2D eigenvalue weighted by Crippen LogP contribution is 2.46. The molecule has 2 heterocycles. The average Bonchev–Trinajstić information content (AvgIpc) is 3.44. The van der Waals surface area contributed by atoms with E-state index >= 15 is 0 Å². The Balaban J connectivity index is 1.50. The van der Waals surface area contributed by atoms with Crippen LogP contribution in [0.4, 0.5) is 5.69 Å². The van der Waals surface area contributed by atoms with E-state index in [2.05, 4.69) is 5.32 Å². The molecule has 0 unspecified atom stereocenters. The molecule has 0 saturated heterocycles. The van der Waals surface area contributed by atoms with Gasteiger partial charge in [0.25, 0.3) is 0 Å². The summed E-state index contributed by atoms with van der Waals surface area (Å²) in [5.74, 6) is 0.437. The molecule has 3 aromatic rings. The van der Waals surface area contributed by atoms with E-state index in [1.165, 1.54) is 24.2 Å². The maximum absolute atomic E-state index is 13.3. The molecule has 2 aliphatic rings. The van der Waals surface area contributed by atoms with Crippen molar-refractivity contribution in [3.8, 4) is 5.75 Å². The number of sulfone groups is 1. The molecule has 0 radical (unpaired) electrons. The normalized spacial score (nSPS) is 18.9. The third-order valence-corrected chi connectivity index (χ3v) is 9.28. The Morgan fingerprint density at radius 1 is 1.06 bits per heavy atom. The first kappa shape index (κ1) is 21.2. The molecule has 1 amide bonds. The molecule has 1 aliphatic heterocycles. The zero-order chi connectivity index (χ0) is 22.3. The fourth-order valence-electron chi connectivity index (χ4n) is 4.52. The number of anilines is 1. The number of benzene rings is 2. The van der Waals surface area contributed by atoms with E-state index in [4.69, 9.17) is 4.74 Å². The van der Waals surface area contributed by atoms with Gasteiger partial charge in [-0.1, -0.05) is 29.8 Å². The quantitative estimate of drug-likeness (QED) is 0.524. The maximum atomic E-state index is 13.3. The molecule has 166 valence electrons. The van der Waals surface area contributed by atoms with Gasteiger partial charge in [-0.25, -0.2) is 8.42 Å². The second-order valence-electron chi connectivity index (χ2n) is 8.56. The summed E-state index contributed by atoms with van der Waals surface area (Å²) in [6.07, 6.45) is 5.08. The van der Waals surface area contributed by atoms with Crippen molar-refractivity contribution in [3.63, 3.8) is 0 Å². The van der Waals surface area contributed by atoms with Gasteiger partial charge in [0.15, 0.2) is 0 Å². The lowest BCUT2D eigenvalue weighted by molar-refractivity contribution is -0.116. The number of ether oxygens (including phenoxy) is 1. The van der Waals surface area contributed by atoms with Crippen LogP contribution in [0.1, 0.15) is 54.0 Å². The Hall–Kier alpha value is -2.64. The molecular formula is C25H25NO4S2. The minimum Gasteiger partial charge on any atom is -0.490 e. The van der Waals surface area contributed by atoms with E-state index in [1.807, 2.05) is 31.2 Å². The standard InChI is InChI=1S/C25H25NO4S2/c1-16-9-11-20(12-10-16)32(28,29)22-15-31-25-21(14-23(27)26-24(22)25)17-5-4-8-19(13-17)30-18-6-2-3-7-18/h4-5,8-13,15,18,21H,2-3,6-7,14H2,1H3,(H,26,27)/t21-/m1/s1. The minimum atomic E-state index is -3.74. The lowest BCUT2D eigenvalue weighted by atomic mass is 9.90. The van der Waals surface area contributed by atoms with E-state index in [0.29, 0.717) is 5.69 Å². The van der Waals surface area contributed by atoms with Crippen molar-refractivity contribution in [1.29, 1.82) is 0 Å². The van der Waals surface area contributed by atoms with Gasteiger partial charge in [0.1, 0.15) is 10.6 Å². The van der Waals surface area contributed by atoms with Gasteiger partial charge in [0.2, 0.25) is 15.7 Å². The number of aryl methyl sites for hydroxylation is 1. The Labute approximate surface area is 192 Å². The number of nitrogens with one attached hydrogen (secondary N) is 1. The van der Waals surface area contributed by atoms with Gasteiger partial charge in [-0.15, -0.1) is 11.3 Å². The number of fused-ring (bicyclic) bond motifs is 1. The van der Waals surface area contributed by atoms with Gasteiger partial charge in [-0.05, 0) is 62.4 Å². The topological polar surface area (TPSA) is 72.5 Å². The summed E-state index contributed by atoms with van der Waals surface area (Å²) in [6.45, 7) is 1.91. The summed E-state index contributed by atoms with van der Waals surface area (Å²) >= 11 is 1.39. The van der Waals surface area contributed by atoms with Crippen LogP contribution in [0.2, 0.25) is 0 Å². The van der Waals surface area contributed by atoms with Crippen molar-refractivity contribution in [3.05, 3.63) is 69.9 Å². The van der Waals surface area contributed by atoms with Crippen LogP contribution in [0, 0.1) is 6.92 Å². The molecule has 1 fully saturated rings. The highest BCUT2D eigenvalue weighted by Gasteiger charge is 2.34. The summed E-state index contributed by atoms with van der Waals surface area (Å²) in [4.78, 5) is 13.9. The maximum Gasteiger partial charge on any atom is 0.225 e. The Bertz CT molecular complexity index is 1260. The number of carbonyl (C=O) groups is 1. The Kier molecular flexibility index (Phi) is 5.55. The van der Waals surface area contributed by atoms with E-state index in [-0.39, 0.29) is 34.1 Å². The van der Waals surface area contributed by atoms with Gasteiger partial charge in [-0.3, -0.25) is 4.79 Å². The first-order valence-electron chi connectivity index (χ1n) is 10.9. The molecule has 5 rings (SSSR count). The summed E-state index contributed by atoms with van der Waals surface area (Å²) in [5.41, 5.74) is 2.38. The molecule has 1 saturated carbocycles. The van der Waals surface area contributed by atoms with Crippen LogP contribution in [0.5, 0.6) is 5.75 Å². The lowest BCUT2D eigenvalue weighted by Gasteiger charge is -2.24. The van der Waals surface area contributed by atoms with Crippen LogP contribution >= 0.6 is 11.3 Å². The van der Waals surface area contributed by atoms with E-state index in [9.17, 15) is 13.2 Å². The highest BCUT2D eigenvalue weighted by molar-refractivity contribution is 7.91. The van der Waals surface area contributed by atoms with Gasteiger partial charge in [0, 0.05) is 22.6 Å². The second-order valence-corrected chi connectivity index (χ2v) is 11.4. The predicted octanol–water partition coefficient (Wildman–Crippen LogP) is 5.68. The SMILES string of the molecule is Cc1ccc(S(=O)(=O)c2csc3c2NC(=O)C[C@@H]3c2cccc(OC3CCCC3)c2)cc1. The summed E-state index contributed by atoms with van der Waals surface area (Å²) in [5, 5.41) is 4.48. The van der Waals surface area contributed by atoms with Crippen LogP contribution in [0.3, 0.4) is 0 Å². The van der Waals surface area contributed by atoms with Gasteiger partial charge in [0.05, 0.1) is 16.7 Å². The average molecular weight is 468 g/mol. The zero-order valence-corrected chi connectivity index (χ0v) is 19.5. The summed E-state index contributed by atoms with van der Waals surface area (Å²) in [7, 11) is -3.74. The monoisotopic (exact) mass is 467 g/mol. The first-order valence-corrected chi connectivity index (χ1v) is 13.3. The van der Waals surface area contributed by atoms with Crippen LogP contribution in [0.25, 0.3) is 0 Å². The summed E-state index contributed by atoms with van der Waals surface area (Å²) < 4.78 is 32.8. The number of carbonyl (C=O) groups excluding carboxylic acids is 1. The van der Waals surface area contributed by atoms with E-state index < -0.39 is 9.84 Å². The molecule has 5 nitrogen and oxygen atoms in total. The molecule has 32 heavy (non-hydrogen) atoms. The Morgan fingerprint density at radius 2 is 1.81 bits per heavy atom. The number of amides is 1. The van der Waals surface area contributed by atoms with Crippen LogP contribution in [-0.4, -0.2) is 20.4 Å². The van der Waals surface area contributed by atoms with Crippen molar-refractivity contribution >= 4 is 32.8 Å². The van der Waals surface area contributed by atoms with Gasteiger partial charge in [-0.2, -0.15) is 0 Å². The second kappa shape index (κ2) is 8.37. The highest BCUT2D eigenvalue weighted by atomic mass is 32.2. The van der Waals surface area contributed by atoms with Crippen LogP contribution in [0.15, 0.2) is 63.7 Å². The van der Waals surface area contributed by atoms with Crippen molar-refractivity contribution in [2.24, 2.45) is 0 Å². The molecule has 0 spiro atoms. The van der Waals surface area contributed by atoms with Gasteiger partial charge < -0.3 is 10.1 Å². The molecule has 7 heteroatoms. The fraction of sp³-hybridized carbons (Fsp3) is 0.320. The Morgan fingerprint density at radius 3 is 2.56 bits per heavy atom. The molecule has 0 bridgehead atoms. The van der Waals surface area contributed by atoms with Gasteiger partial charge >= 0.3 is 0 Å². The zero-order valence-electron chi connectivity index (χ0n) is 17.8. The number of hydrogen-bond acceptors (Lipinski definition) is 5. The van der Waals surface area contributed by atoms with E-state index in [0.717, 1.165) is 34.6 Å². The third kappa shape index (κ3) is 3.95.